The summed E-state index contributed by atoms with van der Waals surface area (Å²) in [5.41, 5.74) is 5.92. The molecule has 10 heteroatoms. The van der Waals surface area contributed by atoms with E-state index in [-0.39, 0.29) is 5.91 Å². The van der Waals surface area contributed by atoms with Crippen LogP contribution in [0.1, 0.15) is 48.6 Å². The number of hydrogen-bond acceptors (Lipinski definition) is 6. The Morgan fingerprint density at radius 1 is 1.07 bits per heavy atom. The van der Waals surface area contributed by atoms with Gasteiger partial charge in [-0.15, -0.1) is 5.10 Å². The molecular formula is C31H31Cl2N5O2S. The molecule has 0 bridgehead atoms. The van der Waals surface area contributed by atoms with Gasteiger partial charge in [-0.2, -0.15) is 4.98 Å². The fourth-order valence-electron chi connectivity index (χ4n) is 4.68. The number of nitrogens with one attached hydrogen (secondary N) is 2. The van der Waals surface area contributed by atoms with Crippen LogP contribution in [0.5, 0.6) is 5.75 Å². The van der Waals surface area contributed by atoms with Crippen molar-refractivity contribution in [3.63, 3.8) is 0 Å². The number of hydrogen-bond donors (Lipinski definition) is 2. The normalized spacial score (nSPS) is 14.4. The third kappa shape index (κ3) is 6.56. The summed E-state index contributed by atoms with van der Waals surface area (Å²) in [4.78, 5) is 18.5. The molecule has 1 aliphatic rings. The molecule has 0 saturated heterocycles. The number of halogens is 2. The molecule has 212 valence electrons. The molecule has 1 atom stereocenters. The number of benzene rings is 3. The Morgan fingerprint density at radius 3 is 2.56 bits per heavy atom. The van der Waals surface area contributed by atoms with Gasteiger partial charge in [0.1, 0.15) is 18.4 Å². The molecule has 41 heavy (non-hydrogen) atoms. The molecule has 5 rings (SSSR count). The predicted octanol–water partition coefficient (Wildman–Crippen LogP) is 8.21. The Balaban J connectivity index is 1.45. The standard InChI is InChI=1S/C31H31Cl2N5O2S/c1-5-14-41-31-36-30-34-20(4)27(29(39)35-26-13-6-18(2)15-19(26)3)28(38(30)37-31)21-8-11-24(12-9-21)40-17-22-7-10-23(32)16-25(22)33/h6-13,15-16,28H,5,14,17H2,1-4H3,(H,35,39)(H,34,36,37). The lowest BCUT2D eigenvalue weighted by Gasteiger charge is -2.29. The minimum atomic E-state index is -0.486. The predicted molar refractivity (Wildman–Crippen MR) is 167 cm³/mol. The van der Waals surface area contributed by atoms with E-state index in [2.05, 4.69) is 23.6 Å². The molecule has 2 N–H and O–H groups in total. The van der Waals surface area contributed by atoms with Gasteiger partial charge in [0.05, 0.1) is 5.57 Å². The van der Waals surface area contributed by atoms with Crippen molar-refractivity contribution in [3.8, 4) is 5.75 Å². The number of carbonyl (C=O) groups excluding carboxylic acids is 1. The van der Waals surface area contributed by atoms with Crippen LogP contribution in [-0.2, 0) is 11.4 Å². The Bertz CT molecular complexity index is 1620. The Kier molecular flexibility index (Phi) is 8.92. The first-order valence-corrected chi connectivity index (χ1v) is 15.1. The van der Waals surface area contributed by atoms with E-state index in [0.29, 0.717) is 39.1 Å². The average Bonchev–Trinajstić information content (AvgIpc) is 3.34. The second kappa shape index (κ2) is 12.6. The van der Waals surface area contributed by atoms with Gasteiger partial charge in [0.15, 0.2) is 0 Å². The highest BCUT2D eigenvalue weighted by molar-refractivity contribution is 7.99. The largest absolute Gasteiger partial charge is 0.489 e. The molecule has 3 aromatic carbocycles. The Hall–Kier alpha value is -3.46. The summed E-state index contributed by atoms with van der Waals surface area (Å²) in [7, 11) is 0. The number of rotatable bonds is 9. The number of aryl methyl sites for hydroxylation is 2. The second-order valence-corrected chi connectivity index (χ2v) is 11.8. The monoisotopic (exact) mass is 607 g/mol. The first-order chi connectivity index (χ1) is 19.7. The highest BCUT2D eigenvalue weighted by atomic mass is 35.5. The van der Waals surface area contributed by atoms with Gasteiger partial charge >= 0.3 is 0 Å². The van der Waals surface area contributed by atoms with Crippen molar-refractivity contribution in [2.45, 2.75) is 51.9 Å². The third-order valence-electron chi connectivity index (χ3n) is 6.75. The number of thioether (sulfide) groups is 1. The number of amides is 1. The van der Waals surface area contributed by atoms with Crippen LogP contribution in [0.4, 0.5) is 11.6 Å². The zero-order chi connectivity index (χ0) is 29.1. The lowest BCUT2D eigenvalue weighted by atomic mass is 9.94. The van der Waals surface area contributed by atoms with Crippen molar-refractivity contribution >= 4 is 52.5 Å². The van der Waals surface area contributed by atoms with E-state index >= 15 is 0 Å². The van der Waals surface area contributed by atoms with Gasteiger partial charge in [0, 0.05) is 32.7 Å². The van der Waals surface area contributed by atoms with Gasteiger partial charge in [-0.3, -0.25) is 4.79 Å². The molecule has 1 aliphatic heterocycles. The van der Waals surface area contributed by atoms with E-state index in [1.54, 1.807) is 28.6 Å². The van der Waals surface area contributed by atoms with E-state index in [4.69, 9.17) is 38.0 Å². The van der Waals surface area contributed by atoms with Crippen LogP contribution in [0, 0.1) is 13.8 Å². The lowest BCUT2D eigenvalue weighted by molar-refractivity contribution is -0.113. The van der Waals surface area contributed by atoms with Gasteiger partial charge < -0.3 is 15.4 Å². The average molecular weight is 609 g/mol. The lowest BCUT2D eigenvalue weighted by Crippen LogP contribution is -2.31. The molecule has 0 fully saturated rings. The maximum absolute atomic E-state index is 13.8. The molecule has 7 nitrogen and oxygen atoms in total. The number of carbonyl (C=O) groups is 1. The van der Waals surface area contributed by atoms with Crippen LogP contribution in [-0.4, -0.2) is 26.4 Å². The number of fused-ring (bicyclic) bond motifs is 1. The fraction of sp³-hybridized carbons (Fsp3) is 0.258. The van der Waals surface area contributed by atoms with E-state index in [9.17, 15) is 4.79 Å². The molecule has 0 saturated carbocycles. The highest BCUT2D eigenvalue weighted by Gasteiger charge is 2.34. The topological polar surface area (TPSA) is 81.1 Å². The first kappa shape index (κ1) is 29.0. The second-order valence-electron chi connectivity index (χ2n) is 9.94. The zero-order valence-corrected chi connectivity index (χ0v) is 25.6. The summed E-state index contributed by atoms with van der Waals surface area (Å²) in [5, 5.41) is 13.0. The van der Waals surface area contributed by atoms with Crippen molar-refractivity contribution in [1.82, 2.24) is 14.8 Å². The van der Waals surface area contributed by atoms with Gasteiger partial charge in [-0.25, -0.2) is 4.68 Å². The van der Waals surface area contributed by atoms with E-state index in [1.807, 2.05) is 63.2 Å². The van der Waals surface area contributed by atoms with Crippen LogP contribution in [0.2, 0.25) is 10.0 Å². The van der Waals surface area contributed by atoms with Crippen LogP contribution in [0.15, 0.2) is 77.1 Å². The van der Waals surface area contributed by atoms with Crippen LogP contribution < -0.4 is 15.4 Å². The zero-order valence-electron chi connectivity index (χ0n) is 23.3. The minimum absolute atomic E-state index is 0.200. The number of nitrogens with zero attached hydrogens (tertiary/aromatic N) is 3. The number of aromatic nitrogens is 3. The van der Waals surface area contributed by atoms with Crippen molar-refractivity contribution in [1.29, 1.82) is 0 Å². The molecule has 0 spiro atoms. The molecular weight excluding hydrogens is 577 g/mol. The van der Waals surface area contributed by atoms with Crippen molar-refractivity contribution in [2.24, 2.45) is 0 Å². The van der Waals surface area contributed by atoms with Gasteiger partial charge in [0.2, 0.25) is 11.1 Å². The summed E-state index contributed by atoms with van der Waals surface area (Å²) in [6.07, 6.45) is 1.01. The summed E-state index contributed by atoms with van der Waals surface area (Å²) >= 11 is 13.9. The molecule has 2 heterocycles. The van der Waals surface area contributed by atoms with Crippen molar-refractivity contribution in [3.05, 3.63) is 104 Å². The highest BCUT2D eigenvalue weighted by Crippen LogP contribution is 2.37. The quantitative estimate of drug-likeness (QED) is 0.187. The SMILES string of the molecule is CCCSc1nc2n(n1)C(c1ccc(OCc3ccc(Cl)cc3Cl)cc1)C(C(=O)Nc1ccc(C)cc1C)=C(C)N2. The molecule has 0 radical (unpaired) electrons. The van der Waals surface area contributed by atoms with Gasteiger partial charge in [-0.1, -0.05) is 77.8 Å². The molecule has 4 aromatic rings. The Labute approximate surface area is 254 Å². The maximum Gasteiger partial charge on any atom is 0.255 e. The summed E-state index contributed by atoms with van der Waals surface area (Å²) in [6, 6.07) is 18.5. The molecule has 1 amide bonds. The number of allylic oxidation sites excluding steroid dienone is 1. The maximum atomic E-state index is 13.8. The summed E-state index contributed by atoms with van der Waals surface area (Å²) < 4.78 is 7.80. The number of ether oxygens (including phenoxy) is 1. The molecule has 0 aliphatic carbocycles. The van der Waals surface area contributed by atoms with E-state index in [1.165, 1.54) is 0 Å². The summed E-state index contributed by atoms with van der Waals surface area (Å²) in [6.45, 7) is 8.34. The molecule has 1 unspecified atom stereocenters. The van der Waals surface area contributed by atoms with Crippen LogP contribution in [0.25, 0.3) is 0 Å². The fourth-order valence-corrected chi connectivity index (χ4v) is 5.82. The smallest absolute Gasteiger partial charge is 0.255 e. The van der Waals surface area contributed by atoms with Crippen LogP contribution in [0.3, 0.4) is 0 Å². The first-order valence-electron chi connectivity index (χ1n) is 13.4. The number of anilines is 2. The van der Waals surface area contributed by atoms with Gasteiger partial charge in [0.25, 0.3) is 5.91 Å². The van der Waals surface area contributed by atoms with Gasteiger partial charge in [-0.05, 0) is 68.7 Å². The van der Waals surface area contributed by atoms with Crippen molar-refractivity contribution in [2.75, 3.05) is 16.4 Å². The third-order valence-corrected chi connectivity index (χ3v) is 8.38. The van der Waals surface area contributed by atoms with E-state index < -0.39 is 6.04 Å². The Morgan fingerprint density at radius 2 is 1.85 bits per heavy atom. The summed E-state index contributed by atoms with van der Waals surface area (Å²) in [5.74, 6) is 1.98. The van der Waals surface area contributed by atoms with Crippen molar-refractivity contribution < 1.29 is 9.53 Å². The minimum Gasteiger partial charge on any atom is -0.489 e. The van der Waals surface area contributed by atoms with Crippen LogP contribution >= 0.6 is 35.0 Å². The van der Waals surface area contributed by atoms with E-state index in [0.717, 1.165) is 45.8 Å². The molecule has 1 aromatic heterocycles.